The molecule has 2 aromatic carbocycles. The minimum Gasteiger partial charge on any atom is -0.445 e. The number of benzene rings is 2. The van der Waals surface area contributed by atoms with Crippen LogP contribution in [0.2, 0.25) is 0 Å². The normalized spacial score (nSPS) is 19.2. The first-order chi connectivity index (χ1) is 17.7. The molecule has 2 fully saturated rings. The Morgan fingerprint density at radius 1 is 0.972 bits per heavy atom. The van der Waals surface area contributed by atoms with Crippen LogP contribution >= 0.6 is 0 Å². The molecule has 3 heterocycles. The van der Waals surface area contributed by atoms with Gasteiger partial charge >= 0.3 is 6.09 Å². The highest BCUT2D eigenvalue weighted by Gasteiger charge is 2.32. The van der Waals surface area contributed by atoms with Crippen LogP contribution in [-0.4, -0.2) is 56.3 Å². The van der Waals surface area contributed by atoms with E-state index in [2.05, 4.69) is 27.4 Å². The molecule has 0 bridgehead atoms. The summed E-state index contributed by atoms with van der Waals surface area (Å²) in [6.45, 7) is 4.27. The Morgan fingerprint density at radius 2 is 1.75 bits per heavy atom. The number of carbonyl (C=O) groups is 1. The molecular formula is C28H32N6O2. The van der Waals surface area contributed by atoms with Crippen LogP contribution < -0.4 is 4.90 Å². The molecule has 1 aliphatic carbocycles. The van der Waals surface area contributed by atoms with Crippen LogP contribution in [0.25, 0.3) is 16.6 Å². The number of hydrogen-bond acceptors (Lipinski definition) is 6. The maximum Gasteiger partial charge on any atom is 0.410 e. The van der Waals surface area contributed by atoms with Gasteiger partial charge in [-0.3, -0.25) is 0 Å². The summed E-state index contributed by atoms with van der Waals surface area (Å²) in [6, 6.07) is 17.9. The Hall–Kier alpha value is -3.68. The average Bonchev–Trinajstić information content (AvgIpc) is 3.38. The van der Waals surface area contributed by atoms with E-state index in [0.29, 0.717) is 25.6 Å². The number of piperazine rings is 1. The molecule has 1 saturated heterocycles. The summed E-state index contributed by atoms with van der Waals surface area (Å²) >= 11 is 0. The third kappa shape index (κ3) is 4.25. The maximum atomic E-state index is 12.9. The van der Waals surface area contributed by atoms with Crippen molar-refractivity contribution in [1.29, 1.82) is 0 Å². The van der Waals surface area contributed by atoms with Gasteiger partial charge in [-0.15, -0.1) is 10.2 Å². The quantitative estimate of drug-likeness (QED) is 0.398. The van der Waals surface area contributed by atoms with Crippen molar-refractivity contribution in [2.45, 2.75) is 57.6 Å². The molecule has 0 N–H and O–H groups in total. The Kier molecular flexibility index (Phi) is 6.17. The number of para-hydroxylation sites is 1. The third-order valence-electron chi connectivity index (χ3n) is 7.57. The van der Waals surface area contributed by atoms with Gasteiger partial charge in [-0.25, -0.2) is 14.2 Å². The molecule has 0 spiro atoms. The number of carbonyl (C=O) groups excluding carboxylic acids is 1. The smallest absolute Gasteiger partial charge is 0.410 e. The summed E-state index contributed by atoms with van der Waals surface area (Å²) in [6.07, 6.45) is 5.78. The second-order valence-electron chi connectivity index (χ2n) is 10.0. The molecule has 8 heteroatoms. The molecule has 1 amide bonds. The van der Waals surface area contributed by atoms with Crippen molar-refractivity contribution in [3.05, 3.63) is 66.0 Å². The van der Waals surface area contributed by atoms with Crippen LogP contribution in [0, 0.1) is 0 Å². The predicted molar refractivity (Wildman–Crippen MR) is 139 cm³/mol. The van der Waals surface area contributed by atoms with Crippen LogP contribution in [0.4, 0.5) is 10.7 Å². The van der Waals surface area contributed by atoms with E-state index in [-0.39, 0.29) is 18.7 Å². The zero-order chi connectivity index (χ0) is 24.5. The molecule has 0 unspecified atom stereocenters. The molecule has 1 atom stereocenters. The van der Waals surface area contributed by atoms with Crippen molar-refractivity contribution >= 4 is 28.6 Å². The van der Waals surface area contributed by atoms with Gasteiger partial charge in [-0.1, -0.05) is 61.7 Å². The standard InChI is InChI=1S/C28H32N6O2/c1-20-18-32(16-17-33(20)28(35)36-19-21-10-4-2-5-11-21)27-29-24-15-9-8-14-23(24)26-31-30-25(34(26)27)22-12-6-3-7-13-22/h2,4-5,8-11,14-15,20,22H,3,6-7,12-13,16-19H2,1H3/t20-/m1/s1. The molecule has 8 nitrogen and oxygen atoms in total. The number of ether oxygens (including phenoxy) is 1. The summed E-state index contributed by atoms with van der Waals surface area (Å²) < 4.78 is 7.81. The zero-order valence-corrected chi connectivity index (χ0v) is 20.7. The number of hydrogen-bond donors (Lipinski definition) is 0. The highest BCUT2D eigenvalue weighted by atomic mass is 16.6. The fourth-order valence-corrected chi connectivity index (χ4v) is 5.64. The van der Waals surface area contributed by atoms with Gasteiger partial charge in [0.1, 0.15) is 12.4 Å². The largest absolute Gasteiger partial charge is 0.445 e. The fraction of sp³-hybridized carbons (Fsp3) is 0.429. The molecule has 36 heavy (non-hydrogen) atoms. The second-order valence-corrected chi connectivity index (χ2v) is 10.0. The van der Waals surface area contributed by atoms with E-state index in [1.54, 1.807) is 0 Å². The first kappa shape index (κ1) is 22.8. The van der Waals surface area contributed by atoms with Crippen LogP contribution in [0.1, 0.15) is 56.3 Å². The van der Waals surface area contributed by atoms with E-state index >= 15 is 0 Å². The lowest BCUT2D eigenvalue weighted by molar-refractivity contribution is 0.0793. The molecule has 1 saturated carbocycles. The van der Waals surface area contributed by atoms with Crippen LogP contribution in [0.5, 0.6) is 0 Å². The molecule has 2 aliphatic rings. The van der Waals surface area contributed by atoms with E-state index in [1.165, 1.54) is 19.3 Å². The van der Waals surface area contributed by atoms with Crippen LogP contribution in [-0.2, 0) is 11.3 Å². The fourth-order valence-electron chi connectivity index (χ4n) is 5.64. The van der Waals surface area contributed by atoms with E-state index in [0.717, 1.165) is 46.7 Å². The minimum atomic E-state index is -0.269. The Labute approximate surface area is 210 Å². The van der Waals surface area contributed by atoms with Gasteiger partial charge in [0, 0.05) is 37.0 Å². The lowest BCUT2D eigenvalue weighted by Gasteiger charge is -2.39. The van der Waals surface area contributed by atoms with Gasteiger partial charge in [-0.2, -0.15) is 0 Å². The number of anilines is 1. The second kappa shape index (κ2) is 9.76. The molecule has 1 aliphatic heterocycles. The first-order valence-corrected chi connectivity index (χ1v) is 13.0. The lowest BCUT2D eigenvalue weighted by Crippen LogP contribution is -2.54. The van der Waals surface area contributed by atoms with Gasteiger partial charge in [0.25, 0.3) is 0 Å². The van der Waals surface area contributed by atoms with Gasteiger partial charge in [0.2, 0.25) is 5.95 Å². The number of amides is 1. The number of fused-ring (bicyclic) bond motifs is 3. The summed E-state index contributed by atoms with van der Waals surface area (Å²) in [5.74, 6) is 2.30. The van der Waals surface area contributed by atoms with Gasteiger partial charge in [0.15, 0.2) is 5.65 Å². The monoisotopic (exact) mass is 484 g/mol. The van der Waals surface area contributed by atoms with E-state index < -0.39 is 0 Å². The summed E-state index contributed by atoms with van der Waals surface area (Å²) in [4.78, 5) is 22.1. The van der Waals surface area contributed by atoms with Crippen molar-refractivity contribution < 1.29 is 9.53 Å². The molecular weight excluding hydrogens is 452 g/mol. The first-order valence-electron chi connectivity index (χ1n) is 13.0. The van der Waals surface area contributed by atoms with Crippen molar-refractivity contribution in [2.75, 3.05) is 24.5 Å². The molecule has 186 valence electrons. The Bertz CT molecular complexity index is 1360. The van der Waals surface area contributed by atoms with Crippen molar-refractivity contribution in [1.82, 2.24) is 24.5 Å². The predicted octanol–water partition coefficient (Wildman–Crippen LogP) is 5.17. The van der Waals surface area contributed by atoms with E-state index in [9.17, 15) is 4.79 Å². The Balaban J connectivity index is 1.28. The molecule has 0 radical (unpaired) electrons. The summed E-state index contributed by atoms with van der Waals surface area (Å²) in [7, 11) is 0. The van der Waals surface area contributed by atoms with Gasteiger partial charge in [0.05, 0.1) is 5.52 Å². The highest BCUT2D eigenvalue weighted by molar-refractivity contribution is 5.92. The summed E-state index contributed by atoms with van der Waals surface area (Å²) in [5, 5.41) is 10.4. The van der Waals surface area contributed by atoms with E-state index in [4.69, 9.17) is 14.8 Å². The molecule has 6 rings (SSSR count). The SMILES string of the molecule is C[C@@H]1CN(c2nc3ccccc3c3nnc(C4CCCCC4)n23)CCN1C(=O)OCc1ccccc1. The van der Waals surface area contributed by atoms with E-state index in [1.807, 2.05) is 53.4 Å². The number of rotatable bonds is 4. The van der Waals surface area contributed by atoms with Gasteiger partial charge < -0.3 is 14.5 Å². The molecule has 4 aromatic rings. The Morgan fingerprint density at radius 3 is 2.56 bits per heavy atom. The van der Waals surface area contributed by atoms with Crippen LogP contribution in [0.3, 0.4) is 0 Å². The minimum absolute atomic E-state index is 0.0139. The van der Waals surface area contributed by atoms with Gasteiger partial charge in [-0.05, 0) is 37.5 Å². The zero-order valence-electron chi connectivity index (χ0n) is 20.7. The van der Waals surface area contributed by atoms with Crippen LogP contribution in [0.15, 0.2) is 54.6 Å². The third-order valence-corrected chi connectivity index (χ3v) is 7.57. The summed E-state index contributed by atoms with van der Waals surface area (Å²) in [5.41, 5.74) is 2.77. The highest BCUT2D eigenvalue weighted by Crippen LogP contribution is 2.35. The van der Waals surface area contributed by atoms with Crippen molar-refractivity contribution in [3.8, 4) is 0 Å². The topological polar surface area (TPSA) is 75.9 Å². The number of aromatic nitrogens is 4. The maximum absolute atomic E-state index is 12.9. The average molecular weight is 485 g/mol. The number of nitrogens with zero attached hydrogens (tertiary/aromatic N) is 6. The van der Waals surface area contributed by atoms with Crippen molar-refractivity contribution in [2.24, 2.45) is 0 Å². The molecule has 2 aromatic heterocycles. The lowest BCUT2D eigenvalue weighted by atomic mass is 9.89. The van der Waals surface area contributed by atoms with Crippen molar-refractivity contribution in [3.63, 3.8) is 0 Å².